The molecule has 7 nitrogen and oxygen atoms in total. The Morgan fingerprint density at radius 2 is 2.00 bits per heavy atom. The summed E-state index contributed by atoms with van der Waals surface area (Å²) in [7, 11) is 1.30. The molecule has 0 aliphatic rings. The van der Waals surface area contributed by atoms with Crippen molar-refractivity contribution in [2.45, 2.75) is 25.2 Å². The molecule has 2 aromatic rings. The first-order chi connectivity index (χ1) is 12.9. The largest absolute Gasteiger partial charge is 0.469 e. The molecule has 0 saturated heterocycles. The van der Waals surface area contributed by atoms with Crippen LogP contribution < -0.4 is 5.32 Å². The molecule has 0 aliphatic carbocycles. The first kappa shape index (κ1) is 20.9. The van der Waals surface area contributed by atoms with Crippen LogP contribution >= 0.6 is 23.1 Å². The van der Waals surface area contributed by atoms with Crippen LogP contribution in [0.25, 0.3) is 0 Å². The smallest absolute Gasteiger partial charge is 0.316 e. The Labute approximate surface area is 165 Å². The van der Waals surface area contributed by atoms with Crippen molar-refractivity contribution in [2.75, 3.05) is 24.8 Å². The number of aryl methyl sites for hydroxylation is 2. The van der Waals surface area contributed by atoms with Gasteiger partial charge in [-0.3, -0.25) is 19.7 Å². The van der Waals surface area contributed by atoms with E-state index >= 15 is 0 Å². The average molecular weight is 409 g/mol. The van der Waals surface area contributed by atoms with E-state index < -0.39 is 24.5 Å². The van der Waals surface area contributed by atoms with E-state index in [2.05, 4.69) is 15.0 Å². The number of carbonyl (C=O) groups is 3. The van der Waals surface area contributed by atoms with Gasteiger partial charge in [-0.15, -0.1) is 23.1 Å². The van der Waals surface area contributed by atoms with Crippen LogP contribution in [-0.2, 0) is 30.3 Å². The second-order valence-corrected chi connectivity index (χ2v) is 7.54. The third-order valence-corrected chi connectivity index (χ3v) is 5.35. The third-order valence-electron chi connectivity index (χ3n) is 3.39. The molecule has 0 atom stereocenters. The number of thiazole rings is 1. The van der Waals surface area contributed by atoms with Crippen molar-refractivity contribution in [2.24, 2.45) is 0 Å². The Kier molecular flexibility index (Phi) is 7.81. The summed E-state index contributed by atoms with van der Waals surface area (Å²) in [5, 5.41) is 4.52. The predicted octanol–water partition coefficient (Wildman–Crippen LogP) is 2.75. The Morgan fingerprint density at radius 1 is 1.22 bits per heavy atom. The van der Waals surface area contributed by atoms with Crippen LogP contribution in [0.2, 0.25) is 0 Å². The van der Waals surface area contributed by atoms with Gasteiger partial charge in [-0.25, -0.2) is 4.98 Å². The summed E-state index contributed by atoms with van der Waals surface area (Å²) in [6, 6.07) is 5.99. The number of thioether (sulfide) groups is 1. The Hall–Kier alpha value is -2.39. The number of nitrogens with zero attached hydrogens (tertiary/aromatic N) is 1. The molecule has 2 rings (SSSR count). The monoisotopic (exact) mass is 408 g/mol. The molecule has 0 aliphatic heterocycles. The van der Waals surface area contributed by atoms with Crippen LogP contribution in [0.3, 0.4) is 0 Å². The molecule has 0 fully saturated rings. The normalized spacial score (nSPS) is 10.3. The summed E-state index contributed by atoms with van der Waals surface area (Å²) < 4.78 is 9.54. The summed E-state index contributed by atoms with van der Waals surface area (Å²) in [5.41, 5.74) is 2.76. The molecule has 0 saturated carbocycles. The molecule has 1 N–H and O–H groups in total. The summed E-state index contributed by atoms with van der Waals surface area (Å²) in [5.74, 6) is -1.24. The van der Waals surface area contributed by atoms with Gasteiger partial charge in [0.05, 0.1) is 25.0 Å². The number of hydrogen-bond donors (Lipinski definition) is 1. The number of rotatable bonds is 8. The number of methoxy groups -OCH3 is 1. The minimum Gasteiger partial charge on any atom is -0.469 e. The Balaban J connectivity index is 1.73. The van der Waals surface area contributed by atoms with Crippen LogP contribution in [0.1, 0.15) is 16.8 Å². The highest BCUT2D eigenvalue weighted by atomic mass is 32.2. The van der Waals surface area contributed by atoms with Gasteiger partial charge >= 0.3 is 11.9 Å². The van der Waals surface area contributed by atoms with Crippen LogP contribution in [0.4, 0.5) is 5.13 Å². The second-order valence-electron chi connectivity index (χ2n) is 5.66. The highest BCUT2D eigenvalue weighted by Gasteiger charge is 2.12. The molecule has 27 heavy (non-hydrogen) atoms. The summed E-state index contributed by atoms with van der Waals surface area (Å²) in [6.07, 6.45) is 0.0352. The zero-order valence-corrected chi connectivity index (χ0v) is 16.9. The fourth-order valence-electron chi connectivity index (χ4n) is 2.11. The van der Waals surface area contributed by atoms with Gasteiger partial charge in [0.15, 0.2) is 11.7 Å². The van der Waals surface area contributed by atoms with Crippen molar-refractivity contribution >= 4 is 46.1 Å². The van der Waals surface area contributed by atoms with Gasteiger partial charge in [-0.2, -0.15) is 0 Å². The van der Waals surface area contributed by atoms with Gasteiger partial charge in [0, 0.05) is 10.3 Å². The zero-order valence-electron chi connectivity index (χ0n) is 15.2. The lowest BCUT2D eigenvalue weighted by molar-refractivity contribution is -0.144. The van der Waals surface area contributed by atoms with Crippen LogP contribution in [0, 0.1) is 13.8 Å². The lowest BCUT2D eigenvalue weighted by Gasteiger charge is -2.07. The number of anilines is 1. The third kappa shape index (κ3) is 7.03. The predicted molar refractivity (Wildman–Crippen MR) is 104 cm³/mol. The van der Waals surface area contributed by atoms with Crippen molar-refractivity contribution < 1.29 is 23.9 Å². The molecular formula is C18H20N2O5S2. The highest BCUT2D eigenvalue weighted by Crippen LogP contribution is 2.23. The number of carbonyl (C=O) groups excluding carboxylic acids is 3. The first-order valence-electron chi connectivity index (χ1n) is 8.04. The van der Waals surface area contributed by atoms with Gasteiger partial charge in [-0.1, -0.05) is 17.7 Å². The van der Waals surface area contributed by atoms with Gasteiger partial charge in [0.1, 0.15) is 0 Å². The quantitative estimate of drug-likeness (QED) is 0.530. The zero-order chi connectivity index (χ0) is 19.8. The molecule has 0 unspecified atom stereocenters. The van der Waals surface area contributed by atoms with E-state index in [9.17, 15) is 14.4 Å². The molecule has 1 aromatic heterocycles. The Morgan fingerprint density at radius 3 is 2.70 bits per heavy atom. The second kappa shape index (κ2) is 10.1. The van der Waals surface area contributed by atoms with E-state index in [0.29, 0.717) is 10.8 Å². The standard InChI is InChI=1S/C18H20N2O5S2/c1-11-4-5-14(12(2)6-11)26-10-17(23)25-8-15(21)20-18-19-13(9-27-18)7-16(22)24-3/h4-6,9H,7-8,10H2,1-3H3,(H,19,20,21). The van der Waals surface area contributed by atoms with Gasteiger partial charge in [0.2, 0.25) is 0 Å². The van der Waals surface area contributed by atoms with Crippen molar-refractivity contribution in [3.63, 3.8) is 0 Å². The number of benzene rings is 1. The number of amides is 1. The van der Waals surface area contributed by atoms with Crippen LogP contribution in [-0.4, -0.2) is 42.3 Å². The molecule has 0 bridgehead atoms. The number of aromatic nitrogens is 1. The lowest BCUT2D eigenvalue weighted by atomic mass is 10.2. The van der Waals surface area contributed by atoms with Crippen molar-refractivity contribution in [3.05, 3.63) is 40.4 Å². The molecule has 1 aromatic carbocycles. The van der Waals surface area contributed by atoms with E-state index in [0.717, 1.165) is 16.0 Å². The maximum atomic E-state index is 11.9. The van der Waals surface area contributed by atoms with Gasteiger partial charge < -0.3 is 9.47 Å². The highest BCUT2D eigenvalue weighted by molar-refractivity contribution is 8.00. The van der Waals surface area contributed by atoms with E-state index in [-0.39, 0.29) is 12.2 Å². The van der Waals surface area contributed by atoms with E-state index in [1.54, 1.807) is 5.38 Å². The first-order valence-corrected chi connectivity index (χ1v) is 9.90. The maximum Gasteiger partial charge on any atom is 0.316 e. The molecule has 9 heteroatoms. The van der Waals surface area contributed by atoms with E-state index in [1.807, 2.05) is 32.0 Å². The number of esters is 2. The fraction of sp³-hybridized carbons (Fsp3) is 0.333. The molecule has 1 amide bonds. The molecule has 1 heterocycles. The van der Waals surface area contributed by atoms with E-state index in [4.69, 9.17) is 4.74 Å². The van der Waals surface area contributed by atoms with Crippen molar-refractivity contribution in [1.82, 2.24) is 4.98 Å². The summed E-state index contributed by atoms with van der Waals surface area (Å²) in [4.78, 5) is 40.0. The SMILES string of the molecule is COC(=O)Cc1csc(NC(=O)COC(=O)CSc2ccc(C)cc2C)n1. The molecule has 0 radical (unpaired) electrons. The van der Waals surface area contributed by atoms with Crippen molar-refractivity contribution in [3.8, 4) is 0 Å². The summed E-state index contributed by atoms with van der Waals surface area (Å²) >= 11 is 2.55. The lowest BCUT2D eigenvalue weighted by Crippen LogP contribution is -2.21. The number of ether oxygens (including phenoxy) is 2. The van der Waals surface area contributed by atoms with Gasteiger partial charge in [0.25, 0.3) is 5.91 Å². The summed E-state index contributed by atoms with van der Waals surface area (Å²) in [6.45, 7) is 3.60. The topological polar surface area (TPSA) is 94.6 Å². The van der Waals surface area contributed by atoms with Crippen LogP contribution in [0.15, 0.2) is 28.5 Å². The van der Waals surface area contributed by atoms with Crippen molar-refractivity contribution in [1.29, 1.82) is 0 Å². The van der Waals surface area contributed by atoms with Gasteiger partial charge in [-0.05, 0) is 25.5 Å². The molecular weight excluding hydrogens is 388 g/mol. The molecule has 144 valence electrons. The minimum atomic E-state index is -0.487. The fourth-order valence-corrected chi connectivity index (χ4v) is 3.64. The Bertz CT molecular complexity index is 835. The minimum absolute atomic E-state index is 0.0352. The number of hydrogen-bond acceptors (Lipinski definition) is 8. The van der Waals surface area contributed by atoms with Crippen LogP contribution in [0.5, 0.6) is 0 Å². The maximum absolute atomic E-state index is 11.9. The molecule has 0 spiro atoms. The number of nitrogens with one attached hydrogen (secondary N) is 1. The average Bonchev–Trinajstić information content (AvgIpc) is 3.05. The van der Waals surface area contributed by atoms with E-state index in [1.165, 1.54) is 30.2 Å².